The number of carboxylic acids is 1. The zero-order chi connectivity index (χ0) is 17.8. The number of amides is 1. The van der Waals surface area contributed by atoms with Gasteiger partial charge in [0.1, 0.15) is 0 Å². The maximum atomic E-state index is 12.3. The molecule has 0 atom stereocenters. The van der Waals surface area contributed by atoms with Crippen LogP contribution in [0.3, 0.4) is 0 Å². The van der Waals surface area contributed by atoms with E-state index in [0.717, 1.165) is 37.2 Å². The van der Waals surface area contributed by atoms with Crippen molar-refractivity contribution in [2.24, 2.45) is 0 Å². The number of hydrogen-bond acceptors (Lipinski definition) is 4. The molecule has 2 aromatic rings. The molecule has 0 bridgehead atoms. The molecule has 0 aliphatic carbocycles. The number of hydrogen-bond donors (Lipinski definition) is 1. The normalized spacial score (nSPS) is 15.6. The lowest BCUT2D eigenvalue weighted by Crippen LogP contribution is -2.36. The van der Waals surface area contributed by atoms with Crippen molar-refractivity contribution in [3.05, 3.63) is 57.6 Å². The van der Waals surface area contributed by atoms with Crippen LogP contribution in [0.5, 0.6) is 0 Å². The molecule has 0 spiro atoms. The number of piperidine rings is 1. The Morgan fingerprint density at radius 3 is 2.48 bits per heavy atom. The number of aryl methyl sites for hydroxylation is 1. The van der Waals surface area contributed by atoms with Crippen molar-refractivity contribution < 1.29 is 14.7 Å². The fourth-order valence-electron chi connectivity index (χ4n) is 2.92. The van der Waals surface area contributed by atoms with Gasteiger partial charge in [-0.1, -0.05) is 12.1 Å². The van der Waals surface area contributed by atoms with Crippen molar-refractivity contribution in [2.75, 3.05) is 13.1 Å². The number of carbonyl (C=O) groups is 2. The Labute approximate surface area is 150 Å². The molecule has 1 fully saturated rings. The minimum absolute atomic E-state index is 0.00363. The first-order valence-electron chi connectivity index (χ1n) is 8.25. The highest BCUT2D eigenvalue weighted by atomic mass is 32.1. The fraction of sp³-hybridized carbons (Fsp3) is 0.316. The van der Waals surface area contributed by atoms with E-state index >= 15 is 0 Å². The van der Waals surface area contributed by atoms with Crippen LogP contribution < -0.4 is 0 Å². The second-order valence-corrected chi connectivity index (χ2v) is 7.08. The van der Waals surface area contributed by atoms with Gasteiger partial charge in [-0.3, -0.25) is 4.79 Å². The Kier molecular flexibility index (Phi) is 5.28. The minimum atomic E-state index is -0.954. The number of carboxylic acid groups (broad SMARTS) is 1. The largest absolute Gasteiger partial charge is 0.478 e. The third kappa shape index (κ3) is 4.33. The fourth-order valence-corrected chi connectivity index (χ4v) is 3.89. The smallest absolute Gasteiger partial charge is 0.335 e. The van der Waals surface area contributed by atoms with E-state index in [4.69, 9.17) is 5.11 Å². The Hall–Kier alpha value is -2.47. The molecule has 2 heterocycles. The highest BCUT2D eigenvalue weighted by Crippen LogP contribution is 2.30. The van der Waals surface area contributed by atoms with Crippen molar-refractivity contribution in [1.82, 2.24) is 9.88 Å². The van der Waals surface area contributed by atoms with E-state index in [2.05, 4.69) is 10.4 Å². The van der Waals surface area contributed by atoms with Gasteiger partial charge in [-0.2, -0.15) is 0 Å². The predicted octanol–water partition coefficient (Wildman–Crippen LogP) is 3.57. The zero-order valence-electron chi connectivity index (χ0n) is 14.0. The molecular weight excluding hydrogens is 336 g/mol. The lowest BCUT2D eigenvalue weighted by Gasteiger charge is -2.30. The maximum Gasteiger partial charge on any atom is 0.335 e. The minimum Gasteiger partial charge on any atom is -0.478 e. The molecule has 1 aromatic heterocycles. The van der Waals surface area contributed by atoms with E-state index in [-0.39, 0.29) is 11.5 Å². The van der Waals surface area contributed by atoms with Crippen molar-refractivity contribution in [1.29, 1.82) is 0 Å². The molecule has 1 N–H and O–H groups in total. The van der Waals surface area contributed by atoms with Gasteiger partial charge in [-0.25, -0.2) is 9.78 Å². The summed E-state index contributed by atoms with van der Waals surface area (Å²) in [6.45, 7) is 3.49. The van der Waals surface area contributed by atoms with Gasteiger partial charge in [0, 0.05) is 36.2 Å². The predicted molar refractivity (Wildman–Crippen MR) is 97.8 cm³/mol. The van der Waals surface area contributed by atoms with Gasteiger partial charge in [0.2, 0.25) is 5.91 Å². The van der Waals surface area contributed by atoms with Crippen LogP contribution in [0.4, 0.5) is 0 Å². The number of thiazole rings is 1. The van der Waals surface area contributed by atoms with E-state index in [1.165, 1.54) is 17.1 Å². The molecule has 1 aliphatic rings. The molecule has 1 amide bonds. The third-order valence-electron chi connectivity index (χ3n) is 4.37. The second kappa shape index (κ2) is 7.61. The number of benzene rings is 1. The first kappa shape index (κ1) is 17.4. The average Bonchev–Trinajstić information content (AvgIpc) is 3.06. The standard InChI is InChI=1S/C19H20N2O3S/c1-13-12-25-18(20-13)15-8-10-21(11-9-15)17(22)7-4-14-2-5-16(6-3-14)19(23)24/h2-7,12,15H,8-11H2,1H3,(H,23,24). The number of aromatic nitrogens is 1. The molecule has 1 saturated heterocycles. The molecule has 0 unspecified atom stereocenters. The van der Waals surface area contributed by atoms with Gasteiger partial charge in [-0.15, -0.1) is 11.3 Å². The van der Waals surface area contributed by atoms with Crippen LogP contribution in [0, 0.1) is 6.92 Å². The van der Waals surface area contributed by atoms with Gasteiger partial charge >= 0.3 is 5.97 Å². The summed E-state index contributed by atoms with van der Waals surface area (Å²) < 4.78 is 0. The Bertz CT molecular complexity index is 787. The van der Waals surface area contributed by atoms with Crippen LogP contribution >= 0.6 is 11.3 Å². The average molecular weight is 356 g/mol. The number of aromatic carboxylic acids is 1. The summed E-state index contributed by atoms with van der Waals surface area (Å²) in [5.41, 5.74) is 2.12. The first-order valence-corrected chi connectivity index (χ1v) is 9.13. The Balaban J connectivity index is 1.54. The number of rotatable bonds is 4. The van der Waals surface area contributed by atoms with Crippen LogP contribution in [0.1, 0.15) is 45.4 Å². The molecular formula is C19H20N2O3S. The second-order valence-electron chi connectivity index (χ2n) is 6.19. The molecule has 1 aromatic carbocycles. The SMILES string of the molecule is Cc1csc(C2CCN(C(=O)C=Cc3ccc(C(=O)O)cc3)CC2)n1. The monoisotopic (exact) mass is 356 g/mol. The number of carbonyl (C=O) groups excluding carboxylic acids is 1. The summed E-state index contributed by atoms with van der Waals surface area (Å²) >= 11 is 1.71. The number of likely N-dealkylation sites (tertiary alicyclic amines) is 1. The molecule has 0 radical (unpaired) electrons. The third-order valence-corrected chi connectivity index (χ3v) is 5.49. The Morgan fingerprint density at radius 2 is 1.92 bits per heavy atom. The maximum absolute atomic E-state index is 12.3. The molecule has 1 aliphatic heterocycles. The Morgan fingerprint density at radius 1 is 1.24 bits per heavy atom. The van der Waals surface area contributed by atoms with Crippen molar-refractivity contribution in [3.8, 4) is 0 Å². The molecule has 0 saturated carbocycles. The van der Waals surface area contributed by atoms with Crippen LogP contribution in [0.2, 0.25) is 0 Å². The van der Waals surface area contributed by atoms with Crippen molar-refractivity contribution >= 4 is 29.3 Å². The lowest BCUT2D eigenvalue weighted by atomic mass is 9.97. The summed E-state index contributed by atoms with van der Waals surface area (Å²) in [7, 11) is 0. The molecule has 130 valence electrons. The van der Waals surface area contributed by atoms with Crippen LogP contribution in [0.15, 0.2) is 35.7 Å². The lowest BCUT2D eigenvalue weighted by molar-refractivity contribution is -0.126. The highest BCUT2D eigenvalue weighted by Gasteiger charge is 2.24. The highest BCUT2D eigenvalue weighted by molar-refractivity contribution is 7.09. The number of nitrogens with zero attached hydrogens (tertiary/aromatic N) is 2. The van der Waals surface area contributed by atoms with Crippen molar-refractivity contribution in [2.45, 2.75) is 25.7 Å². The van der Waals surface area contributed by atoms with Crippen LogP contribution in [-0.2, 0) is 4.79 Å². The van der Waals surface area contributed by atoms with Gasteiger partial charge in [0.05, 0.1) is 10.6 Å². The summed E-state index contributed by atoms with van der Waals surface area (Å²) in [5.74, 6) is -0.503. The summed E-state index contributed by atoms with van der Waals surface area (Å²) in [6.07, 6.45) is 5.17. The van der Waals surface area contributed by atoms with Gasteiger partial charge < -0.3 is 10.0 Å². The van der Waals surface area contributed by atoms with E-state index in [0.29, 0.717) is 5.92 Å². The molecule has 6 heteroatoms. The topological polar surface area (TPSA) is 70.5 Å². The molecule has 5 nitrogen and oxygen atoms in total. The van der Waals surface area contributed by atoms with Gasteiger partial charge in [-0.05, 0) is 43.5 Å². The summed E-state index contributed by atoms with van der Waals surface area (Å²) in [5, 5.41) is 12.1. The van der Waals surface area contributed by atoms with Gasteiger partial charge in [0.25, 0.3) is 0 Å². The summed E-state index contributed by atoms with van der Waals surface area (Å²) in [6, 6.07) is 6.47. The first-order chi connectivity index (χ1) is 12.0. The van der Waals surface area contributed by atoms with Crippen LogP contribution in [-0.4, -0.2) is 40.0 Å². The van der Waals surface area contributed by atoms with E-state index in [9.17, 15) is 9.59 Å². The molecule has 3 rings (SSSR count). The summed E-state index contributed by atoms with van der Waals surface area (Å²) in [4.78, 5) is 29.6. The van der Waals surface area contributed by atoms with E-state index in [1.807, 2.05) is 11.8 Å². The van der Waals surface area contributed by atoms with Crippen LogP contribution in [0.25, 0.3) is 6.08 Å². The quantitative estimate of drug-likeness (QED) is 0.850. The van der Waals surface area contributed by atoms with Crippen molar-refractivity contribution in [3.63, 3.8) is 0 Å². The molecule has 25 heavy (non-hydrogen) atoms. The van der Waals surface area contributed by atoms with E-state index < -0.39 is 5.97 Å². The zero-order valence-corrected chi connectivity index (χ0v) is 14.8. The van der Waals surface area contributed by atoms with E-state index in [1.54, 1.807) is 35.6 Å². The van der Waals surface area contributed by atoms with Gasteiger partial charge in [0.15, 0.2) is 0 Å².